The van der Waals surface area contributed by atoms with Gasteiger partial charge in [0, 0.05) is 36.8 Å². The van der Waals surface area contributed by atoms with E-state index in [-0.39, 0.29) is 11.9 Å². The lowest BCUT2D eigenvalue weighted by molar-refractivity contribution is -0.148. The van der Waals surface area contributed by atoms with Crippen molar-refractivity contribution < 1.29 is 23.8 Å². The highest BCUT2D eigenvalue weighted by Crippen LogP contribution is 2.31. The predicted octanol–water partition coefficient (Wildman–Crippen LogP) is 3.42. The van der Waals surface area contributed by atoms with Gasteiger partial charge in [-0.1, -0.05) is 29.8 Å². The quantitative estimate of drug-likeness (QED) is 0.607. The molecular weight excluding hydrogens is 420 g/mol. The molecule has 1 unspecified atom stereocenters. The highest BCUT2D eigenvalue weighted by molar-refractivity contribution is 6.31. The van der Waals surface area contributed by atoms with Crippen molar-refractivity contribution in [3.8, 4) is 11.5 Å². The topological polar surface area (TPSA) is 68.3 Å². The number of piperazine rings is 1. The van der Waals surface area contributed by atoms with Crippen molar-refractivity contribution in [3.63, 3.8) is 0 Å². The van der Waals surface area contributed by atoms with Gasteiger partial charge in [-0.3, -0.25) is 9.69 Å². The average molecular weight is 447 g/mol. The zero-order chi connectivity index (χ0) is 22.4. The van der Waals surface area contributed by atoms with Crippen LogP contribution in [0.25, 0.3) is 0 Å². The van der Waals surface area contributed by atoms with Gasteiger partial charge in [-0.15, -0.1) is 0 Å². The number of esters is 1. The minimum absolute atomic E-state index is 0.0874. The number of nitrogens with zero attached hydrogens (tertiary/aromatic N) is 2. The molecule has 1 fully saturated rings. The Morgan fingerprint density at radius 3 is 2.35 bits per heavy atom. The molecule has 1 heterocycles. The van der Waals surface area contributed by atoms with E-state index < -0.39 is 6.04 Å². The molecule has 1 amide bonds. The Morgan fingerprint density at radius 1 is 1.03 bits per heavy atom. The fourth-order valence-electron chi connectivity index (χ4n) is 3.73. The first-order valence-corrected chi connectivity index (χ1v) is 10.5. The van der Waals surface area contributed by atoms with Gasteiger partial charge in [0.2, 0.25) is 0 Å². The lowest BCUT2D eigenvalue weighted by Gasteiger charge is -2.38. The van der Waals surface area contributed by atoms with Crippen LogP contribution in [-0.2, 0) is 9.53 Å². The van der Waals surface area contributed by atoms with E-state index in [1.165, 1.54) is 7.11 Å². The van der Waals surface area contributed by atoms with Gasteiger partial charge in [-0.05, 0) is 36.8 Å². The zero-order valence-electron chi connectivity index (χ0n) is 18.0. The van der Waals surface area contributed by atoms with Crippen LogP contribution < -0.4 is 9.47 Å². The van der Waals surface area contributed by atoms with Crippen molar-refractivity contribution in [2.45, 2.75) is 13.0 Å². The Morgan fingerprint density at radius 2 is 1.74 bits per heavy atom. The van der Waals surface area contributed by atoms with E-state index in [4.69, 9.17) is 25.8 Å². The van der Waals surface area contributed by atoms with Gasteiger partial charge in [0.1, 0.15) is 6.04 Å². The molecule has 1 aliphatic heterocycles. The number of hydrogen-bond donors (Lipinski definition) is 0. The average Bonchev–Trinajstić information content (AvgIpc) is 2.80. The van der Waals surface area contributed by atoms with Crippen LogP contribution in [0.5, 0.6) is 11.5 Å². The fraction of sp³-hybridized carbons (Fsp3) is 0.391. The number of ether oxygens (including phenoxy) is 3. The fourth-order valence-corrected chi connectivity index (χ4v) is 3.96. The third-order valence-corrected chi connectivity index (χ3v) is 5.65. The summed E-state index contributed by atoms with van der Waals surface area (Å²) in [6.07, 6.45) is 0. The first-order valence-electron chi connectivity index (χ1n) is 10.2. The molecule has 8 heteroatoms. The van der Waals surface area contributed by atoms with Crippen LogP contribution in [0.1, 0.15) is 28.9 Å². The number of amides is 1. The number of carbonyl (C=O) groups excluding carboxylic acids is 2. The molecule has 0 aromatic heterocycles. The second-order valence-electron chi connectivity index (χ2n) is 7.07. The second kappa shape index (κ2) is 10.5. The van der Waals surface area contributed by atoms with Crippen LogP contribution in [0.4, 0.5) is 0 Å². The van der Waals surface area contributed by atoms with E-state index in [0.29, 0.717) is 60.4 Å². The summed E-state index contributed by atoms with van der Waals surface area (Å²) in [7, 11) is 2.93. The summed E-state index contributed by atoms with van der Waals surface area (Å²) in [6, 6.07) is 11.8. The Kier molecular flexibility index (Phi) is 7.76. The third-order valence-electron chi connectivity index (χ3n) is 5.30. The van der Waals surface area contributed by atoms with E-state index in [9.17, 15) is 9.59 Å². The molecule has 3 rings (SSSR count). The maximum Gasteiger partial charge on any atom is 0.327 e. The second-order valence-corrected chi connectivity index (χ2v) is 7.48. The number of benzene rings is 2. The van der Waals surface area contributed by atoms with E-state index in [2.05, 4.69) is 0 Å². The maximum absolute atomic E-state index is 13.0. The molecular formula is C23H27ClN2O5. The van der Waals surface area contributed by atoms with Gasteiger partial charge in [0.25, 0.3) is 5.91 Å². The highest BCUT2D eigenvalue weighted by Gasteiger charge is 2.33. The number of methoxy groups -OCH3 is 2. The maximum atomic E-state index is 13.0. The summed E-state index contributed by atoms with van der Waals surface area (Å²) in [5, 5.41) is 0.512. The Hall–Kier alpha value is -2.77. The van der Waals surface area contributed by atoms with E-state index in [0.717, 1.165) is 0 Å². The molecule has 2 aromatic carbocycles. The summed E-state index contributed by atoms with van der Waals surface area (Å²) in [5.74, 6) is 0.669. The van der Waals surface area contributed by atoms with E-state index in [1.807, 2.05) is 30.0 Å². The summed E-state index contributed by atoms with van der Waals surface area (Å²) in [5.41, 5.74) is 1.24. The molecule has 1 aliphatic rings. The molecule has 31 heavy (non-hydrogen) atoms. The van der Waals surface area contributed by atoms with E-state index in [1.54, 1.807) is 36.3 Å². The molecule has 0 radical (unpaired) electrons. The predicted molar refractivity (Wildman–Crippen MR) is 118 cm³/mol. The Bertz CT molecular complexity index is 928. The van der Waals surface area contributed by atoms with Crippen LogP contribution >= 0.6 is 11.6 Å². The molecule has 0 spiro atoms. The summed E-state index contributed by atoms with van der Waals surface area (Å²) in [6.45, 7) is 4.35. The molecule has 0 N–H and O–H groups in total. The normalized spacial score (nSPS) is 15.3. The van der Waals surface area contributed by atoms with Gasteiger partial charge in [-0.25, -0.2) is 4.79 Å². The first-order chi connectivity index (χ1) is 15.0. The van der Waals surface area contributed by atoms with Crippen LogP contribution in [0.15, 0.2) is 42.5 Å². The van der Waals surface area contributed by atoms with Crippen molar-refractivity contribution in [2.75, 3.05) is 47.0 Å². The Balaban J connectivity index is 1.73. The van der Waals surface area contributed by atoms with Crippen LogP contribution in [-0.4, -0.2) is 68.7 Å². The van der Waals surface area contributed by atoms with Gasteiger partial charge in [0.05, 0.1) is 20.8 Å². The van der Waals surface area contributed by atoms with Crippen molar-refractivity contribution in [1.29, 1.82) is 0 Å². The Labute approximate surface area is 187 Å². The molecule has 166 valence electrons. The molecule has 7 nitrogen and oxygen atoms in total. The summed E-state index contributed by atoms with van der Waals surface area (Å²) in [4.78, 5) is 29.3. The highest BCUT2D eigenvalue weighted by atomic mass is 35.5. The minimum Gasteiger partial charge on any atom is -0.493 e. The number of halogens is 1. The largest absolute Gasteiger partial charge is 0.493 e. The number of carbonyl (C=O) groups is 2. The number of hydrogen-bond acceptors (Lipinski definition) is 6. The number of rotatable bonds is 7. The van der Waals surface area contributed by atoms with Crippen molar-refractivity contribution in [3.05, 3.63) is 58.6 Å². The van der Waals surface area contributed by atoms with Gasteiger partial charge >= 0.3 is 5.97 Å². The van der Waals surface area contributed by atoms with Crippen molar-refractivity contribution >= 4 is 23.5 Å². The van der Waals surface area contributed by atoms with E-state index >= 15 is 0 Å². The molecule has 1 saturated heterocycles. The smallest absolute Gasteiger partial charge is 0.327 e. The van der Waals surface area contributed by atoms with Crippen molar-refractivity contribution in [1.82, 2.24) is 9.80 Å². The van der Waals surface area contributed by atoms with Crippen LogP contribution in [0, 0.1) is 0 Å². The minimum atomic E-state index is -0.610. The molecule has 2 aromatic rings. The SMILES string of the molecule is CCOc1cc(C(=O)N2CCN(C(C(=O)OC)c3ccccc3Cl)CC2)ccc1OC. The van der Waals surface area contributed by atoms with Gasteiger partial charge in [-0.2, -0.15) is 0 Å². The molecule has 0 saturated carbocycles. The lowest BCUT2D eigenvalue weighted by atomic mass is 10.0. The third kappa shape index (κ3) is 5.11. The standard InChI is InChI=1S/C23H27ClN2O5/c1-4-31-20-15-16(9-10-19(20)29-2)22(27)26-13-11-25(12-14-26)21(23(28)30-3)17-7-5-6-8-18(17)24/h5-10,15,21H,4,11-14H2,1-3H3. The zero-order valence-corrected chi connectivity index (χ0v) is 18.7. The van der Waals surface area contributed by atoms with Gasteiger partial charge < -0.3 is 19.1 Å². The van der Waals surface area contributed by atoms with Crippen LogP contribution in [0.3, 0.4) is 0 Å². The summed E-state index contributed by atoms with van der Waals surface area (Å²) >= 11 is 6.34. The summed E-state index contributed by atoms with van der Waals surface area (Å²) < 4.78 is 15.9. The molecule has 0 bridgehead atoms. The molecule has 0 aliphatic carbocycles. The van der Waals surface area contributed by atoms with Crippen molar-refractivity contribution in [2.24, 2.45) is 0 Å². The monoisotopic (exact) mass is 446 g/mol. The first kappa shape index (κ1) is 22.9. The lowest BCUT2D eigenvalue weighted by Crippen LogP contribution is -2.51. The molecule has 1 atom stereocenters. The van der Waals surface area contributed by atoms with Crippen LogP contribution in [0.2, 0.25) is 5.02 Å². The van der Waals surface area contributed by atoms with Gasteiger partial charge in [0.15, 0.2) is 11.5 Å².